The summed E-state index contributed by atoms with van der Waals surface area (Å²) in [7, 11) is 3.53. The van der Waals surface area contributed by atoms with Crippen LogP contribution in [0.25, 0.3) is 0 Å². The Morgan fingerprint density at radius 3 is 2.62 bits per heavy atom. The lowest BCUT2D eigenvalue weighted by molar-refractivity contribution is 0.0205. The van der Waals surface area contributed by atoms with Crippen LogP contribution in [-0.4, -0.2) is 44.3 Å². The highest BCUT2D eigenvalue weighted by atomic mass is 32.1. The van der Waals surface area contributed by atoms with Gasteiger partial charge in [-0.05, 0) is 12.3 Å². The predicted molar refractivity (Wildman–Crippen MR) is 90.2 cm³/mol. The molecular formula is C15H28N4OS. The Bertz CT molecular complexity index is 451. The number of thiazole rings is 1. The maximum atomic E-state index is 5.53. The Labute approximate surface area is 132 Å². The van der Waals surface area contributed by atoms with Crippen LogP contribution >= 0.6 is 11.3 Å². The van der Waals surface area contributed by atoms with Gasteiger partial charge in [0.05, 0.1) is 11.1 Å². The van der Waals surface area contributed by atoms with Crippen molar-refractivity contribution in [3.8, 4) is 0 Å². The molecule has 1 rings (SSSR count). The summed E-state index contributed by atoms with van der Waals surface area (Å²) in [6, 6.07) is 0. The number of aromatic nitrogens is 1. The van der Waals surface area contributed by atoms with E-state index in [0.717, 1.165) is 30.5 Å². The maximum Gasteiger partial charge on any atom is 0.191 e. The first kappa shape index (κ1) is 17.9. The first-order valence-electron chi connectivity index (χ1n) is 7.25. The number of hydrogen-bond donors (Lipinski definition) is 2. The van der Waals surface area contributed by atoms with Gasteiger partial charge in [-0.1, -0.05) is 20.8 Å². The lowest BCUT2D eigenvalue weighted by atomic mass is 9.89. The second kappa shape index (κ2) is 8.34. The number of hydrogen-bond acceptors (Lipinski definition) is 4. The van der Waals surface area contributed by atoms with E-state index in [0.29, 0.717) is 0 Å². The summed E-state index contributed by atoms with van der Waals surface area (Å²) in [4.78, 5) is 9.84. The quantitative estimate of drug-likeness (QED) is 0.625. The van der Waals surface area contributed by atoms with Crippen molar-refractivity contribution < 1.29 is 4.74 Å². The first-order chi connectivity index (χ1) is 9.86. The van der Waals surface area contributed by atoms with Crippen molar-refractivity contribution in [1.29, 1.82) is 0 Å². The van der Waals surface area contributed by atoms with Crippen molar-refractivity contribution >= 4 is 17.3 Å². The zero-order valence-electron chi connectivity index (χ0n) is 14.0. The highest BCUT2D eigenvalue weighted by molar-refractivity contribution is 7.11. The molecule has 0 amide bonds. The molecular weight excluding hydrogens is 284 g/mol. The highest BCUT2D eigenvalue weighted by Gasteiger charge is 2.24. The first-order valence-corrected chi connectivity index (χ1v) is 8.07. The lowest BCUT2D eigenvalue weighted by Gasteiger charge is -2.30. The summed E-state index contributed by atoms with van der Waals surface area (Å²) >= 11 is 1.74. The molecule has 0 saturated carbocycles. The maximum absolute atomic E-state index is 5.53. The number of aryl methyl sites for hydroxylation is 1. The summed E-state index contributed by atoms with van der Waals surface area (Å²) in [5.41, 5.74) is 0.0962. The van der Waals surface area contributed by atoms with Gasteiger partial charge in [0.1, 0.15) is 0 Å². The van der Waals surface area contributed by atoms with E-state index in [1.165, 1.54) is 4.88 Å². The average molecular weight is 312 g/mol. The standard InChI is InChI=1S/C15H28N4OS/c1-11-9-18-13(21-11)7-8-17-14(16-5)19-10-12(20-6)15(2,3)4/h9,12H,7-8,10H2,1-6H3,(H2,16,17,19). The summed E-state index contributed by atoms with van der Waals surface area (Å²) in [5.74, 6) is 0.801. The number of nitrogens with one attached hydrogen (secondary N) is 2. The normalized spacial score (nSPS) is 14.1. The minimum absolute atomic E-state index is 0.0962. The molecule has 0 spiro atoms. The molecule has 21 heavy (non-hydrogen) atoms. The number of aliphatic imine (C=N–C) groups is 1. The van der Waals surface area contributed by atoms with Crippen LogP contribution < -0.4 is 10.6 Å². The number of nitrogens with zero attached hydrogens (tertiary/aromatic N) is 2. The third-order valence-corrected chi connectivity index (χ3v) is 4.20. The number of ether oxygens (including phenoxy) is 1. The Balaban J connectivity index is 2.35. The minimum Gasteiger partial charge on any atom is -0.379 e. The summed E-state index contributed by atoms with van der Waals surface area (Å²) in [6.45, 7) is 10.1. The van der Waals surface area contributed by atoms with Crippen LogP contribution in [0.3, 0.4) is 0 Å². The summed E-state index contributed by atoms with van der Waals surface area (Å²) < 4.78 is 5.53. The highest BCUT2D eigenvalue weighted by Crippen LogP contribution is 2.20. The number of guanidine groups is 1. The van der Waals surface area contributed by atoms with Gasteiger partial charge in [0, 0.05) is 44.7 Å². The monoisotopic (exact) mass is 312 g/mol. The molecule has 0 bridgehead atoms. The van der Waals surface area contributed by atoms with Gasteiger partial charge in [0.2, 0.25) is 0 Å². The average Bonchev–Trinajstić information content (AvgIpc) is 2.81. The van der Waals surface area contributed by atoms with Crippen molar-refractivity contribution in [1.82, 2.24) is 15.6 Å². The van der Waals surface area contributed by atoms with E-state index in [-0.39, 0.29) is 11.5 Å². The predicted octanol–water partition coefficient (Wildman–Crippen LogP) is 2.22. The van der Waals surface area contributed by atoms with Crippen LogP contribution in [0.4, 0.5) is 0 Å². The zero-order chi connectivity index (χ0) is 15.9. The second-order valence-corrected chi connectivity index (χ2v) is 7.40. The van der Waals surface area contributed by atoms with Gasteiger partial charge in [-0.15, -0.1) is 11.3 Å². The largest absolute Gasteiger partial charge is 0.379 e. The molecule has 0 aliphatic heterocycles. The number of methoxy groups -OCH3 is 1. The molecule has 1 aromatic heterocycles. The van der Waals surface area contributed by atoms with E-state index in [4.69, 9.17) is 4.74 Å². The van der Waals surface area contributed by atoms with Crippen LogP contribution in [0.2, 0.25) is 0 Å². The van der Waals surface area contributed by atoms with Crippen LogP contribution in [0, 0.1) is 12.3 Å². The molecule has 0 aliphatic carbocycles. The molecule has 0 saturated heterocycles. The Hall–Kier alpha value is -1.14. The van der Waals surface area contributed by atoms with Gasteiger partial charge in [-0.2, -0.15) is 0 Å². The Kier molecular flexibility index (Phi) is 7.11. The summed E-state index contributed by atoms with van der Waals surface area (Å²) in [6.07, 6.45) is 2.96. The van der Waals surface area contributed by atoms with Gasteiger partial charge < -0.3 is 15.4 Å². The smallest absolute Gasteiger partial charge is 0.191 e. The van der Waals surface area contributed by atoms with Crippen LogP contribution in [0.15, 0.2) is 11.2 Å². The third kappa shape index (κ3) is 6.44. The van der Waals surface area contributed by atoms with Crippen molar-refractivity contribution in [3.05, 3.63) is 16.1 Å². The van der Waals surface area contributed by atoms with E-state index < -0.39 is 0 Å². The van der Waals surface area contributed by atoms with Crippen LogP contribution in [-0.2, 0) is 11.2 Å². The molecule has 1 heterocycles. The Morgan fingerprint density at radius 1 is 1.43 bits per heavy atom. The molecule has 0 aromatic carbocycles. The van der Waals surface area contributed by atoms with Crippen molar-refractivity contribution in [2.45, 2.75) is 40.2 Å². The van der Waals surface area contributed by atoms with Gasteiger partial charge in [-0.25, -0.2) is 4.98 Å². The lowest BCUT2D eigenvalue weighted by Crippen LogP contribution is -2.45. The van der Waals surface area contributed by atoms with Gasteiger partial charge in [0.15, 0.2) is 5.96 Å². The minimum atomic E-state index is 0.0962. The molecule has 2 N–H and O–H groups in total. The van der Waals surface area contributed by atoms with Crippen molar-refractivity contribution in [2.75, 3.05) is 27.2 Å². The van der Waals surface area contributed by atoms with Gasteiger partial charge in [-0.3, -0.25) is 4.99 Å². The Morgan fingerprint density at radius 2 is 2.14 bits per heavy atom. The van der Waals surface area contributed by atoms with E-state index in [1.54, 1.807) is 25.5 Å². The SMILES string of the molecule is CN=C(NCCc1ncc(C)s1)NCC(OC)C(C)(C)C. The van der Waals surface area contributed by atoms with E-state index in [1.807, 2.05) is 6.20 Å². The molecule has 1 atom stereocenters. The molecule has 0 radical (unpaired) electrons. The zero-order valence-corrected chi connectivity index (χ0v) is 14.8. The summed E-state index contributed by atoms with van der Waals surface area (Å²) in [5, 5.41) is 7.78. The van der Waals surface area contributed by atoms with Gasteiger partial charge in [0.25, 0.3) is 0 Å². The molecule has 1 unspecified atom stereocenters. The fraction of sp³-hybridized carbons (Fsp3) is 0.733. The molecule has 0 aliphatic rings. The molecule has 5 nitrogen and oxygen atoms in total. The number of rotatable bonds is 6. The second-order valence-electron chi connectivity index (χ2n) is 6.08. The van der Waals surface area contributed by atoms with Crippen molar-refractivity contribution in [2.24, 2.45) is 10.4 Å². The fourth-order valence-electron chi connectivity index (χ4n) is 1.96. The molecule has 1 aromatic rings. The van der Waals surface area contributed by atoms with Gasteiger partial charge >= 0.3 is 0 Å². The van der Waals surface area contributed by atoms with E-state index >= 15 is 0 Å². The fourth-order valence-corrected chi connectivity index (χ4v) is 2.74. The molecule has 6 heteroatoms. The van der Waals surface area contributed by atoms with E-state index in [2.05, 4.69) is 48.3 Å². The van der Waals surface area contributed by atoms with Crippen molar-refractivity contribution in [3.63, 3.8) is 0 Å². The van der Waals surface area contributed by atoms with Crippen LogP contribution in [0.5, 0.6) is 0 Å². The third-order valence-electron chi connectivity index (χ3n) is 3.23. The molecule has 120 valence electrons. The molecule has 0 fully saturated rings. The van der Waals surface area contributed by atoms with E-state index in [9.17, 15) is 0 Å². The topological polar surface area (TPSA) is 58.5 Å². The van der Waals surface area contributed by atoms with Crippen LogP contribution in [0.1, 0.15) is 30.7 Å².